The molecule has 0 bridgehead atoms. The van der Waals surface area contributed by atoms with Gasteiger partial charge < -0.3 is 14.3 Å². The fourth-order valence-electron chi connectivity index (χ4n) is 6.60. The van der Waals surface area contributed by atoms with E-state index in [2.05, 4.69) is 52.4 Å². The Balaban J connectivity index is 1.91. The standard InChI is InChI=1S/C32H49NO7/c1-7-13-22(14-8-2)30(35)39-27-19-23(31(3,4)17-11-9-10-12-18-38-33(36)37)20-28-29(27)25-21-24(34)15-16-26(25)32(5,6)40-28/h19-20,22,25-26H,7-18,21H2,1-6H3/t25-,26+/m1/s1. The van der Waals surface area contributed by atoms with E-state index in [1.54, 1.807) is 0 Å². The number of ether oxygens (including phenoxy) is 2. The molecule has 1 saturated carbocycles. The van der Waals surface area contributed by atoms with Crippen LogP contribution in [0.4, 0.5) is 0 Å². The number of Topliss-reactive ketones (excluding diaryl/α,β-unsaturated/α-hetero) is 1. The van der Waals surface area contributed by atoms with Crippen LogP contribution in [0, 0.1) is 22.0 Å². The SMILES string of the molecule is CCCC(CCC)C(=O)Oc1cc(C(C)(C)CCCCCCO[N+](=O)[O-])cc2c1[C@@H]1CC(=O)CC[C@@H]1C(C)(C)O2. The van der Waals surface area contributed by atoms with Crippen LogP contribution >= 0.6 is 0 Å². The van der Waals surface area contributed by atoms with Gasteiger partial charge in [-0.1, -0.05) is 59.8 Å². The van der Waals surface area contributed by atoms with Gasteiger partial charge in [0.1, 0.15) is 22.9 Å². The number of hydrogen-bond acceptors (Lipinski definition) is 7. The summed E-state index contributed by atoms with van der Waals surface area (Å²) in [7, 11) is 0. The number of esters is 1. The Kier molecular flexibility index (Phi) is 11.0. The predicted octanol–water partition coefficient (Wildman–Crippen LogP) is 7.87. The third-order valence-electron chi connectivity index (χ3n) is 8.90. The molecule has 3 rings (SSSR count). The average Bonchev–Trinajstić information content (AvgIpc) is 2.86. The summed E-state index contributed by atoms with van der Waals surface area (Å²) in [5.41, 5.74) is 1.28. The highest BCUT2D eigenvalue weighted by atomic mass is 16.9. The molecule has 1 aromatic carbocycles. The van der Waals surface area contributed by atoms with Crippen molar-refractivity contribution in [3.8, 4) is 11.5 Å². The lowest BCUT2D eigenvalue weighted by atomic mass is 9.66. The third kappa shape index (κ3) is 7.97. The fraction of sp³-hybridized carbons (Fsp3) is 0.750. The molecular weight excluding hydrogens is 510 g/mol. The van der Waals surface area contributed by atoms with Gasteiger partial charge in [-0.3, -0.25) is 9.59 Å². The average molecular weight is 560 g/mol. The van der Waals surface area contributed by atoms with Gasteiger partial charge in [-0.15, -0.1) is 10.1 Å². The second-order valence-corrected chi connectivity index (χ2v) is 12.9. The molecular formula is C32H49NO7. The van der Waals surface area contributed by atoms with Gasteiger partial charge >= 0.3 is 5.97 Å². The number of carbonyl (C=O) groups excluding carboxylic acids is 2. The molecule has 2 aliphatic rings. The third-order valence-corrected chi connectivity index (χ3v) is 8.90. The van der Waals surface area contributed by atoms with Crippen LogP contribution in [0.15, 0.2) is 12.1 Å². The summed E-state index contributed by atoms with van der Waals surface area (Å²) in [6.07, 6.45) is 9.53. The Hall–Kier alpha value is -2.64. The predicted molar refractivity (Wildman–Crippen MR) is 154 cm³/mol. The summed E-state index contributed by atoms with van der Waals surface area (Å²) in [6.45, 7) is 12.9. The number of hydrogen-bond donors (Lipinski definition) is 0. The van der Waals surface area contributed by atoms with E-state index < -0.39 is 10.7 Å². The Morgan fingerprint density at radius 3 is 2.48 bits per heavy atom. The van der Waals surface area contributed by atoms with Crippen molar-refractivity contribution in [2.75, 3.05) is 6.61 Å². The van der Waals surface area contributed by atoms with Gasteiger partial charge in [-0.05, 0) is 69.1 Å². The number of nitrogens with zero attached hydrogens (tertiary/aromatic N) is 1. The first-order valence-corrected chi connectivity index (χ1v) is 15.3. The largest absolute Gasteiger partial charge is 0.487 e. The molecule has 2 atom stereocenters. The van der Waals surface area contributed by atoms with E-state index in [-0.39, 0.29) is 41.5 Å². The van der Waals surface area contributed by atoms with Crippen LogP contribution in [0.2, 0.25) is 0 Å². The number of ketones is 1. The molecule has 0 aromatic heterocycles. The molecule has 0 saturated heterocycles. The van der Waals surface area contributed by atoms with Gasteiger partial charge in [0.25, 0.3) is 5.09 Å². The molecule has 224 valence electrons. The Bertz CT molecular complexity index is 1040. The molecule has 1 heterocycles. The molecule has 1 fully saturated rings. The summed E-state index contributed by atoms with van der Waals surface area (Å²) >= 11 is 0. The van der Waals surface area contributed by atoms with Crippen molar-refractivity contribution >= 4 is 11.8 Å². The quantitative estimate of drug-likeness (QED) is 0.0708. The van der Waals surface area contributed by atoms with Crippen molar-refractivity contribution in [2.24, 2.45) is 11.8 Å². The van der Waals surface area contributed by atoms with Crippen molar-refractivity contribution in [3.05, 3.63) is 33.4 Å². The monoisotopic (exact) mass is 559 g/mol. The van der Waals surface area contributed by atoms with Crippen LogP contribution in [0.25, 0.3) is 0 Å². The summed E-state index contributed by atoms with van der Waals surface area (Å²) in [5, 5.41) is 9.59. The normalized spacial score (nSPS) is 19.9. The lowest BCUT2D eigenvalue weighted by Gasteiger charge is -2.47. The van der Waals surface area contributed by atoms with Gasteiger partial charge in [0.15, 0.2) is 0 Å². The Morgan fingerprint density at radius 2 is 1.82 bits per heavy atom. The zero-order valence-electron chi connectivity index (χ0n) is 25.4. The van der Waals surface area contributed by atoms with Crippen LogP contribution in [-0.4, -0.2) is 29.0 Å². The Labute approximate surface area is 239 Å². The maximum absolute atomic E-state index is 13.4. The molecule has 0 unspecified atom stereocenters. The highest BCUT2D eigenvalue weighted by Gasteiger charge is 2.48. The molecule has 1 aromatic rings. The van der Waals surface area contributed by atoms with Crippen molar-refractivity contribution in [2.45, 2.75) is 136 Å². The summed E-state index contributed by atoms with van der Waals surface area (Å²) in [6, 6.07) is 4.12. The van der Waals surface area contributed by atoms with Crippen molar-refractivity contribution < 1.29 is 29.0 Å². The van der Waals surface area contributed by atoms with Crippen LogP contribution < -0.4 is 9.47 Å². The lowest BCUT2D eigenvalue weighted by Crippen LogP contribution is -2.47. The molecule has 0 amide bonds. The topological polar surface area (TPSA) is 105 Å². The minimum atomic E-state index is -0.745. The molecule has 1 aliphatic heterocycles. The second-order valence-electron chi connectivity index (χ2n) is 12.9. The lowest BCUT2D eigenvalue weighted by molar-refractivity contribution is -0.757. The van der Waals surface area contributed by atoms with Gasteiger partial charge in [0.05, 0.1) is 12.5 Å². The van der Waals surface area contributed by atoms with E-state index in [4.69, 9.17) is 9.47 Å². The maximum Gasteiger partial charge on any atom is 0.314 e. The fourth-order valence-corrected chi connectivity index (χ4v) is 6.60. The molecule has 0 N–H and O–H groups in total. The number of unbranched alkanes of at least 4 members (excludes halogenated alkanes) is 3. The smallest absolute Gasteiger partial charge is 0.314 e. The van der Waals surface area contributed by atoms with Crippen molar-refractivity contribution in [1.29, 1.82) is 0 Å². The minimum absolute atomic E-state index is 0.0304. The van der Waals surface area contributed by atoms with E-state index in [1.807, 2.05) is 6.07 Å². The molecule has 1 aliphatic carbocycles. The zero-order valence-corrected chi connectivity index (χ0v) is 25.4. The number of fused-ring (bicyclic) bond motifs is 3. The second kappa shape index (κ2) is 13.8. The summed E-state index contributed by atoms with van der Waals surface area (Å²) in [5.74, 6) is 1.35. The molecule has 8 heteroatoms. The van der Waals surface area contributed by atoms with E-state index in [1.165, 1.54) is 0 Å². The molecule has 40 heavy (non-hydrogen) atoms. The molecule has 0 spiro atoms. The van der Waals surface area contributed by atoms with Crippen molar-refractivity contribution in [3.63, 3.8) is 0 Å². The zero-order chi connectivity index (χ0) is 29.5. The Morgan fingerprint density at radius 1 is 1.15 bits per heavy atom. The van der Waals surface area contributed by atoms with E-state index >= 15 is 0 Å². The first kappa shape index (κ1) is 31.9. The number of rotatable bonds is 15. The molecule has 8 nitrogen and oxygen atoms in total. The van der Waals surface area contributed by atoms with Crippen molar-refractivity contribution in [1.82, 2.24) is 0 Å². The first-order chi connectivity index (χ1) is 18.9. The van der Waals surface area contributed by atoms with E-state index in [9.17, 15) is 19.7 Å². The van der Waals surface area contributed by atoms with Crippen LogP contribution in [0.5, 0.6) is 11.5 Å². The van der Waals surface area contributed by atoms with E-state index in [0.717, 1.165) is 74.7 Å². The summed E-state index contributed by atoms with van der Waals surface area (Å²) < 4.78 is 12.9. The van der Waals surface area contributed by atoms with E-state index in [0.29, 0.717) is 25.0 Å². The van der Waals surface area contributed by atoms with Gasteiger partial charge in [0, 0.05) is 30.2 Å². The highest BCUT2D eigenvalue weighted by molar-refractivity contribution is 5.81. The van der Waals surface area contributed by atoms with Crippen LogP contribution in [-0.2, 0) is 19.8 Å². The van der Waals surface area contributed by atoms with Crippen LogP contribution in [0.3, 0.4) is 0 Å². The minimum Gasteiger partial charge on any atom is -0.487 e. The van der Waals surface area contributed by atoms with Gasteiger partial charge in [-0.2, -0.15) is 0 Å². The number of benzene rings is 1. The first-order valence-electron chi connectivity index (χ1n) is 15.3. The van der Waals surface area contributed by atoms with Gasteiger partial charge in [-0.25, -0.2) is 0 Å². The summed E-state index contributed by atoms with van der Waals surface area (Å²) in [4.78, 5) is 40.8. The maximum atomic E-state index is 13.4. The highest BCUT2D eigenvalue weighted by Crippen LogP contribution is 2.55. The van der Waals surface area contributed by atoms with Crippen LogP contribution in [0.1, 0.15) is 136 Å². The van der Waals surface area contributed by atoms with Gasteiger partial charge in [0.2, 0.25) is 0 Å². The molecule has 0 radical (unpaired) electrons. The number of carbonyl (C=O) groups is 2.